The second kappa shape index (κ2) is 5.42. The third-order valence-corrected chi connectivity index (χ3v) is 2.02. The summed E-state index contributed by atoms with van der Waals surface area (Å²) in [6, 6.07) is 0. The van der Waals surface area contributed by atoms with Gasteiger partial charge in [-0.2, -0.15) is 0 Å². The van der Waals surface area contributed by atoms with Crippen molar-refractivity contribution in [1.29, 1.82) is 0 Å². The molecule has 0 amide bonds. The molecule has 13 heavy (non-hydrogen) atoms. The number of aliphatic carboxylic acids is 2. The fourth-order valence-electron chi connectivity index (χ4n) is 1.36. The minimum absolute atomic E-state index is 0. The molecule has 4 nitrogen and oxygen atoms in total. The molecular formula is C8H11NaO4. The van der Waals surface area contributed by atoms with E-state index in [9.17, 15) is 9.59 Å². The van der Waals surface area contributed by atoms with Gasteiger partial charge in [-0.25, -0.2) is 0 Å². The molecule has 2 unspecified atom stereocenters. The van der Waals surface area contributed by atoms with Crippen LogP contribution >= 0.6 is 0 Å². The number of hydrogen-bond acceptors (Lipinski definition) is 2. The first-order chi connectivity index (χ1) is 5.63. The van der Waals surface area contributed by atoms with Gasteiger partial charge in [0.25, 0.3) is 0 Å². The predicted octanol–water partition coefficient (Wildman–Crippen LogP) is 0.0895. The number of hydrogen-bond donors (Lipinski definition) is 2. The number of rotatable bonds is 2. The summed E-state index contributed by atoms with van der Waals surface area (Å²) in [5.74, 6) is -3.69. The zero-order valence-corrected chi connectivity index (χ0v) is 6.43. The minimum atomic E-state index is -1.06. The van der Waals surface area contributed by atoms with Crippen molar-refractivity contribution in [2.24, 2.45) is 11.8 Å². The van der Waals surface area contributed by atoms with Gasteiger partial charge in [0.15, 0.2) is 0 Å². The Hall–Kier alpha value is -0.320. The standard InChI is InChI=1S/C8H10O4.Na.H/c9-7(10)5-3-1-2-4-6(5)8(11)12;;/h1,3,5-6H,2,4H2,(H,9,10)(H,11,12);;. The van der Waals surface area contributed by atoms with Crippen LogP contribution in [0.15, 0.2) is 12.2 Å². The first kappa shape index (κ1) is 12.7. The fraction of sp³-hybridized carbons (Fsp3) is 0.500. The SMILES string of the molecule is O=C(O)C1C=CCCC1C(=O)O.[NaH]. The van der Waals surface area contributed by atoms with Gasteiger partial charge in [-0.3, -0.25) is 9.59 Å². The van der Waals surface area contributed by atoms with Gasteiger partial charge in [-0.1, -0.05) is 12.2 Å². The Morgan fingerprint density at radius 3 is 2.23 bits per heavy atom. The summed E-state index contributed by atoms with van der Waals surface area (Å²) in [5, 5.41) is 17.3. The fourth-order valence-corrected chi connectivity index (χ4v) is 1.36. The van der Waals surface area contributed by atoms with Crippen molar-refractivity contribution in [3.63, 3.8) is 0 Å². The second-order valence-corrected chi connectivity index (χ2v) is 2.81. The summed E-state index contributed by atoms with van der Waals surface area (Å²) in [7, 11) is 0. The van der Waals surface area contributed by atoms with E-state index in [2.05, 4.69) is 0 Å². The molecule has 1 rings (SSSR count). The van der Waals surface area contributed by atoms with Gasteiger partial charge in [0.1, 0.15) is 0 Å². The van der Waals surface area contributed by atoms with E-state index in [1.807, 2.05) is 0 Å². The van der Waals surface area contributed by atoms with Gasteiger partial charge >= 0.3 is 41.5 Å². The van der Waals surface area contributed by atoms with Crippen LogP contribution in [0.2, 0.25) is 0 Å². The van der Waals surface area contributed by atoms with Gasteiger partial charge in [0, 0.05) is 0 Å². The summed E-state index contributed by atoms with van der Waals surface area (Å²) in [5.41, 5.74) is 0. The Labute approximate surface area is 97.9 Å². The van der Waals surface area contributed by atoms with E-state index in [4.69, 9.17) is 10.2 Å². The molecule has 0 heterocycles. The maximum absolute atomic E-state index is 10.6. The third-order valence-electron chi connectivity index (χ3n) is 2.02. The molecule has 1 aliphatic carbocycles. The van der Waals surface area contributed by atoms with Gasteiger partial charge in [-0.05, 0) is 12.8 Å². The Balaban J connectivity index is 0.00000144. The molecule has 0 saturated heterocycles. The van der Waals surface area contributed by atoms with E-state index >= 15 is 0 Å². The van der Waals surface area contributed by atoms with Gasteiger partial charge < -0.3 is 10.2 Å². The molecule has 2 atom stereocenters. The average Bonchev–Trinajstić information content (AvgIpc) is 2.04. The van der Waals surface area contributed by atoms with Crippen molar-refractivity contribution in [1.82, 2.24) is 0 Å². The number of carboxylic acids is 2. The summed E-state index contributed by atoms with van der Waals surface area (Å²) < 4.78 is 0. The quantitative estimate of drug-likeness (QED) is 0.482. The van der Waals surface area contributed by atoms with Crippen molar-refractivity contribution < 1.29 is 19.8 Å². The molecule has 0 fully saturated rings. The second-order valence-electron chi connectivity index (χ2n) is 2.81. The monoisotopic (exact) mass is 194 g/mol. The van der Waals surface area contributed by atoms with Gasteiger partial charge in [0.2, 0.25) is 0 Å². The summed E-state index contributed by atoms with van der Waals surface area (Å²) in [6.07, 6.45) is 4.26. The Kier molecular flexibility index (Phi) is 5.29. The molecule has 0 bridgehead atoms. The molecule has 1 aliphatic rings. The third kappa shape index (κ3) is 3.14. The van der Waals surface area contributed by atoms with Crippen LogP contribution in [-0.4, -0.2) is 51.7 Å². The molecule has 2 N–H and O–H groups in total. The predicted molar refractivity (Wildman–Crippen MR) is 47.8 cm³/mol. The van der Waals surface area contributed by atoms with Crippen LogP contribution < -0.4 is 0 Å². The molecular weight excluding hydrogens is 183 g/mol. The van der Waals surface area contributed by atoms with E-state index in [0.717, 1.165) is 0 Å². The first-order valence-corrected chi connectivity index (χ1v) is 3.75. The van der Waals surface area contributed by atoms with Gasteiger partial charge in [0.05, 0.1) is 11.8 Å². The number of allylic oxidation sites excluding steroid dienone is 1. The maximum atomic E-state index is 10.6. The van der Waals surface area contributed by atoms with Crippen LogP contribution in [0.25, 0.3) is 0 Å². The zero-order valence-electron chi connectivity index (χ0n) is 6.43. The average molecular weight is 194 g/mol. The Morgan fingerprint density at radius 1 is 1.23 bits per heavy atom. The topological polar surface area (TPSA) is 74.6 Å². The van der Waals surface area contributed by atoms with Crippen molar-refractivity contribution in [3.05, 3.63) is 12.2 Å². The first-order valence-electron chi connectivity index (χ1n) is 3.75. The molecule has 0 saturated carbocycles. The van der Waals surface area contributed by atoms with E-state index in [-0.39, 0.29) is 29.6 Å². The summed E-state index contributed by atoms with van der Waals surface area (Å²) in [4.78, 5) is 21.1. The molecule has 0 radical (unpaired) electrons. The van der Waals surface area contributed by atoms with E-state index < -0.39 is 23.8 Å². The Bertz CT molecular complexity index is 236. The summed E-state index contributed by atoms with van der Waals surface area (Å²) in [6.45, 7) is 0. The van der Waals surface area contributed by atoms with Crippen molar-refractivity contribution >= 4 is 41.5 Å². The van der Waals surface area contributed by atoms with Crippen molar-refractivity contribution in [2.75, 3.05) is 0 Å². The van der Waals surface area contributed by atoms with Crippen LogP contribution in [-0.2, 0) is 9.59 Å². The van der Waals surface area contributed by atoms with Crippen LogP contribution in [0.1, 0.15) is 12.8 Å². The molecule has 68 valence electrons. The molecule has 0 spiro atoms. The van der Waals surface area contributed by atoms with Crippen LogP contribution in [0.4, 0.5) is 0 Å². The molecule has 0 aromatic rings. The normalized spacial score (nSPS) is 26.2. The van der Waals surface area contributed by atoms with E-state index in [1.54, 1.807) is 6.08 Å². The number of carbonyl (C=O) groups is 2. The summed E-state index contributed by atoms with van der Waals surface area (Å²) >= 11 is 0. The molecule has 5 heteroatoms. The van der Waals surface area contributed by atoms with E-state index in [1.165, 1.54) is 6.08 Å². The zero-order chi connectivity index (χ0) is 9.14. The van der Waals surface area contributed by atoms with Crippen LogP contribution in [0.3, 0.4) is 0 Å². The Morgan fingerprint density at radius 2 is 1.85 bits per heavy atom. The number of carboxylic acid groups (broad SMARTS) is 2. The van der Waals surface area contributed by atoms with Crippen LogP contribution in [0.5, 0.6) is 0 Å². The van der Waals surface area contributed by atoms with Crippen molar-refractivity contribution in [3.8, 4) is 0 Å². The van der Waals surface area contributed by atoms with Gasteiger partial charge in [-0.15, -0.1) is 0 Å². The molecule has 0 aromatic carbocycles. The van der Waals surface area contributed by atoms with Crippen LogP contribution in [0, 0.1) is 11.8 Å². The van der Waals surface area contributed by atoms with E-state index in [0.29, 0.717) is 12.8 Å². The molecule has 0 aliphatic heterocycles. The van der Waals surface area contributed by atoms with Crippen molar-refractivity contribution in [2.45, 2.75) is 12.8 Å². The molecule has 0 aromatic heterocycles.